The van der Waals surface area contributed by atoms with Crippen LogP contribution < -0.4 is 0 Å². The number of carboxylic acids is 1. The zero-order valence-electron chi connectivity index (χ0n) is 7.63. The molecule has 1 aliphatic rings. The molecular formula is C10H8BrFO3. The zero-order chi connectivity index (χ0) is 11.2. The highest BCUT2D eigenvalue weighted by molar-refractivity contribution is 9.10. The maximum absolute atomic E-state index is 13.5. The third kappa shape index (κ3) is 1.42. The first-order chi connectivity index (χ1) is 6.99. The Morgan fingerprint density at radius 1 is 1.47 bits per heavy atom. The molecule has 0 saturated heterocycles. The molecule has 0 heterocycles. The number of aromatic hydroxyl groups is 1. The summed E-state index contributed by atoms with van der Waals surface area (Å²) in [6.45, 7) is 0. The quantitative estimate of drug-likeness (QED) is 0.871. The van der Waals surface area contributed by atoms with Crippen molar-refractivity contribution in [3.05, 3.63) is 28.0 Å². The van der Waals surface area contributed by atoms with Crippen molar-refractivity contribution in [2.45, 2.75) is 18.3 Å². The second kappa shape index (κ2) is 3.20. The lowest BCUT2D eigenvalue weighted by Crippen LogP contribution is -2.21. The van der Waals surface area contributed by atoms with E-state index in [9.17, 15) is 14.3 Å². The van der Waals surface area contributed by atoms with Crippen molar-refractivity contribution >= 4 is 21.9 Å². The molecule has 3 nitrogen and oxygen atoms in total. The van der Waals surface area contributed by atoms with Gasteiger partial charge in [-0.15, -0.1) is 0 Å². The minimum atomic E-state index is -1.22. The highest BCUT2D eigenvalue weighted by Crippen LogP contribution is 2.53. The molecule has 0 bridgehead atoms. The van der Waals surface area contributed by atoms with Crippen molar-refractivity contribution in [3.8, 4) is 5.75 Å². The molecule has 2 rings (SSSR count). The van der Waals surface area contributed by atoms with Crippen LogP contribution in [0, 0.1) is 5.82 Å². The highest BCUT2D eigenvalue weighted by atomic mass is 79.9. The molecule has 1 fully saturated rings. The van der Waals surface area contributed by atoms with Crippen LogP contribution >= 0.6 is 15.9 Å². The molecule has 0 radical (unpaired) electrons. The molecule has 2 N–H and O–H groups in total. The number of halogens is 2. The third-order valence-corrected chi connectivity index (χ3v) is 3.36. The molecule has 15 heavy (non-hydrogen) atoms. The number of hydrogen-bond donors (Lipinski definition) is 2. The number of hydrogen-bond acceptors (Lipinski definition) is 2. The predicted molar refractivity (Wildman–Crippen MR) is 54.3 cm³/mol. The molecule has 1 saturated carbocycles. The van der Waals surface area contributed by atoms with E-state index in [1.165, 1.54) is 6.07 Å². The van der Waals surface area contributed by atoms with Crippen LogP contribution in [0.15, 0.2) is 16.6 Å². The summed E-state index contributed by atoms with van der Waals surface area (Å²) in [5.41, 5.74) is -1.33. The Balaban J connectivity index is 2.62. The van der Waals surface area contributed by atoms with E-state index in [0.29, 0.717) is 17.3 Å². The van der Waals surface area contributed by atoms with Gasteiger partial charge < -0.3 is 10.2 Å². The van der Waals surface area contributed by atoms with Crippen LogP contribution in [0.4, 0.5) is 4.39 Å². The Morgan fingerprint density at radius 2 is 2.07 bits per heavy atom. The van der Waals surface area contributed by atoms with Crippen LogP contribution in [-0.4, -0.2) is 16.2 Å². The van der Waals surface area contributed by atoms with Gasteiger partial charge in [0.2, 0.25) is 0 Å². The lowest BCUT2D eigenvalue weighted by molar-refractivity contribution is -0.140. The molecule has 0 aromatic heterocycles. The van der Waals surface area contributed by atoms with Crippen molar-refractivity contribution in [1.82, 2.24) is 0 Å². The van der Waals surface area contributed by atoms with Gasteiger partial charge in [0, 0.05) is 5.56 Å². The maximum atomic E-state index is 13.5. The third-order valence-electron chi connectivity index (χ3n) is 2.72. The van der Waals surface area contributed by atoms with E-state index in [1.807, 2.05) is 0 Å². The summed E-state index contributed by atoms with van der Waals surface area (Å²) < 4.78 is 13.8. The first kappa shape index (κ1) is 10.4. The van der Waals surface area contributed by atoms with Crippen molar-refractivity contribution in [1.29, 1.82) is 0 Å². The summed E-state index contributed by atoms with van der Waals surface area (Å²) in [6.07, 6.45) is 0.729. The Kier molecular flexibility index (Phi) is 2.22. The van der Waals surface area contributed by atoms with Crippen LogP contribution in [0.25, 0.3) is 0 Å². The predicted octanol–water partition coefficient (Wildman–Crippen LogP) is 2.41. The standard InChI is InChI=1S/C10H8BrFO3/c11-5-1-2-6(12)7(8(5)13)10(3-4-10)9(14)15/h1-2,13H,3-4H2,(H,14,15). The summed E-state index contributed by atoms with van der Waals surface area (Å²) >= 11 is 3.04. The van der Waals surface area contributed by atoms with Gasteiger partial charge in [-0.3, -0.25) is 4.79 Å². The van der Waals surface area contributed by atoms with E-state index in [4.69, 9.17) is 5.11 Å². The largest absolute Gasteiger partial charge is 0.506 e. The Labute approximate surface area is 93.7 Å². The van der Waals surface area contributed by atoms with Gasteiger partial charge in [-0.1, -0.05) is 0 Å². The monoisotopic (exact) mass is 274 g/mol. The first-order valence-electron chi connectivity index (χ1n) is 4.40. The van der Waals surface area contributed by atoms with Gasteiger partial charge in [-0.2, -0.15) is 0 Å². The minimum absolute atomic E-state index is 0.107. The Bertz CT molecular complexity index is 441. The molecule has 0 spiro atoms. The summed E-state index contributed by atoms with van der Waals surface area (Å²) in [5, 5.41) is 18.7. The number of carbonyl (C=O) groups is 1. The normalized spacial score (nSPS) is 17.5. The average molecular weight is 275 g/mol. The minimum Gasteiger partial charge on any atom is -0.506 e. The molecular weight excluding hydrogens is 267 g/mol. The summed E-state index contributed by atoms with van der Waals surface area (Å²) in [7, 11) is 0. The number of phenols is 1. The molecule has 1 aliphatic carbocycles. The van der Waals surface area contributed by atoms with Crippen LogP contribution in [0.1, 0.15) is 18.4 Å². The molecule has 1 aromatic rings. The van der Waals surface area contributed by atoms with Crippen molar-refractivity contribution in [3.63, 3.8) is 0 Å². The van der Waals surface area contributed by atoms with Crippen molar-refractivity contribution in [2.75, 3.05) is 0 Å². The lowest BCUT2D eigenvalue weighted by atomic mass is 9.94. The van der Waals surface area contributed by atoms with Crippen molar-refractivity contribution < 1.29 is 19.4 Å². The van der Waals surface area contributed by atoms with Gasteiger partial charge in [0.05, 0.1) is 9.89 Å². The van der Waals surface area contributed by atoms with Crippen LogP contribution in [0.2, 0.25) is 0 Å². The number of phenolic OH excluding ortho intramolecular Hbond substituents is 1. The SMILES string of the molecule is O=C(O)C1(c2c(F)ccc(Br)c2O)CC1. The van der Waals surface area contributed by atoms with E-state index in [-0.39, 0.29) is 11.3 Å². The summed E-state index contributed by atoms with van der Waals surface area (Å²) in [6, 6.07) is 2.51. The second-order valence-corrected chi connectivity index (χ2v) is 4.49. The molecule has 0 aliphatic heterocycles. The zero-order valence-corrected chi connectivity index (χ0v) is 9.21. The lowest BCUT2D eigenvalue weighted by Gasteiger charge is -2.14. The number of benzene rings is 1. The van der Waals surface area contributed by atoms with Crippen LogP contribution in [0.5, 0.6) is 5.75 Å². The number of rotatable bonds is 2. The summed E-state index contributed by atoms with van der Waals surface area (Å²) in [5.74, 6) is -2.07. The molecule has 80 valence electrons. The van der Waals surface area contributed by atoms with Crippen molar-refractivity contribution in [2.24, 2.45) is 0 Å². The van der Waals surface area contributed by atoms with Crippen LogP contribution in [0.3, 0.4) is 0 Å². The summed E-state index contributed by atoms with van der Waals surface area (Å²) in [4.78, 5) is 11.0. The van der Waals surface area contributed by atoms with E-state index >= 15 is 0 Å². The topological polar surface area (TPSA) is 57.5 Å². The fourth-order valence-corrected chi connectivity index (χ4v) is 2.02. The number of aliphatic carboxylic acids is 1. The molecule has 0 atom stereocenters. The smallest absolute Gasteiger partial charge is 0.314 e. The van der Waals surface area contributed by atoms with Gasteiger partial charge in [0.1, 0.15) is 11.6 Å². The molecule has 1 aromatic carbocycles. The second-order valence-electron chi connectivity index (χ2n) is 3.64. The molecule has 5 heteroatoms. The van der Waals surface area contributed by atoms with E-state index in [0.717, 1.165) is 6.07 Å². The highest BCUT2D eigenvalue weighted by Gasteiger charge is 2.55. The van der Waals surface area contributed by atoms with Gasteiger partial charge in [0.25, 0.3) is 0 Å². The van der Waals surface area contributed by atoms with Gasteiger partial charge in [0.15, 0.2) is 0 Å². The fraction of sp³-hybridized carbons (Fsp3) is 0.300. The average Bonchev–Trinajstić information content (AvgIpc) is 2.93. The van der Waals surface area contributed by atoms with Gasteiger partial charge >= 0.3 is 5.97 Å². The maximum Gasteiger partial charge on any atom is 0.314 e. The van der Waals surface area contributed by atoms with Gasteiger partial charge in [-0.25, -0.2) is 4.39 Å². The van der Waals surface area contributed by atoms with Crippen LogP contribution in [-0.2, 0) is 10.2 Å². The Morgan fingerprint density at radius 3 is 2.53 bits per heavy atom. The van der Waals surface area contributed by atoms with E-state index in [2.05, 4.69) is 15.9 Å². The molecule has 0 amide bonds. The molecule has 0 unspecified atom stereocenters. The first-order valence-corrected chi connectivity index (χ1v) is 5.19. The number of carboxylic acid groups (broad SMARTS) is 1. The Hall–Kier alpha value is -1.10. The van der Waals surface area contributed by atoms with E-state index in [1.54, 1.807) is 0 Å². The fourth-order valence-electron chi connectivity index (χ4n) is 1.69. The van der Waals surface area contributed by atoms with Gasteiger partial charge in [-0.05, 0) is 40.9 Å². The van der Waals surface area contributed by atoms with E-state index < -0.39 is 17.2 Å².